The zero-order valence-corrected chi connectivity index (χ0v) is 13.9. The predicted molar refractivity (Wildman–Crippen MR) is 90.0 cm³/mol. The fourth-order valence-electron chi connectivity index (χ4n) is 3.12. The minimum atomic E-state index is -0.0612. The molecule has 7 heteroatoms. The monoisotopic (exact) mass is 338 g/mol. The van der Waals surface area contributed by atoms with E-state index in [2.05, 4.69) is 15.1 Å². The van der Waals surface area contributed by atoms with Crippen LogP contribution in [0.5, 0.6) is 0 Å². The SMILES string of the molecule is COCc1nc(C2CCN(C(=O)c3ccc4ccccc4n3)C2)no1. The second-order valence-electron chi connectivity index (χ2n) is 6.11. The van der Waals surface area contributed by atoms with Crippen LogP contribution in [0.15, 0.2) is 40.9 Å². The molecule has 1 saturated heterocycles. The summed E-state index contributed by atoms with van der Waals surface area (Å²) in [6, 6.07) is 11.5. The number of likely N-dealkylation sites (tertiary alicyclic amines) is 1. The van der Waals surface area contributed by atoms with Crippen LogP contribution < -0.4 is 0 Å². The molecule has 1 atom stereocenters. The van der Waals surface area contributed by atoms with Crippen molar-refractivity contribution in [2.24, 2.45) is 0 Å². The van der Waals surface area contributed by atoms with Crippen molar-refractivity contribution < 1.29 is 14.1 Å². The topological polar surface area (TPSA) is 81.4 Å². The summed E-state index contributed by atoms with van der Waals surface area (Å²) in [7, 11) is 1.58. The number of pyridine rings is 1. The molecule has 0 aliphatic carbocycles. The van der Waals surface area contributed by atoms with Crippen LogP contribution in [0.4, 0.5) is 0 Å². The molecule has 3 aromatic rings. The largest absolute Gasteiger partial charge is 0.375 e. The van der Waals surface area contributed by atoms with Crippen molar-refractivity contribution in [2.75, 3.05) is 20.2 Å². The standard InChI is InChI=1S/C18H18N4O3/c1-24-11-16-20-17(21-25-16)13-8-9-22(10-13)18(23)15-7-6-12-4-2-3-5-14(12)19-15/h2-7,13H,8-11H2,1H3. The lowest BCUT2D eigenvalue weighted by molar-refractivity contribution is 0.0785. The van der Waals surface area contributed by atoms with E-state index in [-0.39, 0.29) is 11.8 Å². The zero-order chi connectivity index (χ0) is 17.2. The summed E-state index contributed by atoms with van der Waals surface area (Å²) in [6.07, 6.45) is 0.811. The Labute approximate surface area is 144 Å². The second-order valence-corrected chi connectivity index (χ2v) is 6.11. The summed E-state index contributed by atoms with van der Waals surface area (Å²) in [4.78, 5) is 23.4. The van der Waals surface area contributed by atoms with Gasteiger partial charge in [0.2, 0.25) is 0 Å². The van der Waals surface area contributed by atoms with Gasteiger partial charge < -0.3 is 14.2 Å². The molecule has 0 spiro atoms. The molecule has 1 aliphatic rings. The second kappa shape index (κ2) is 6.60. The number of carbonyl (C=O) groups excluding carboxylic acids is 1. The van der Waals surface area contributed by atoms with Gasteiger partial charge in [0.1, 0.15) is 12.3 Å². The molecular formula is C18H18N4O3. The first kappa shape index (κ1) is 15.7. The Morgan fingerprint density at radius 3 is 3.04 bits per heavy atom. The number of ether oxygens (including phenoxy) is 1. The summed E-state index contributed by atoms with van der Waals surface area (Å²) in [5, 5.41) is 5.03. The van der Waals surface area contributed by atoms with E-state index in [1.807, 2.05) is 30.3 Å². The van der Waals surface area contributed by atoms with Crippen LogP contribution >= 0.6 is 0 Å². The number of hydrogen-bond acceptors (Lipinski definition) is 6. The molecule has 1 aliphatic heterocycles. The average molecular weight is 338 g/mol. The highest BCUT2D eigenvalue weighted by Crippen LogP contribution is 2.26. The fourth-order valence-corrected chi connectivity index (χ4v) is 3.12. The lowest BCUT2D eigenvalue weighted by Crippen LogP contribution is -2.29. The van der Waals surface area contributed by atoms with Crippen molar-refractivity contribution in [3.05, 3.63) is 53.8 Å². The van der Waals surface area contributed by atoms with Gasteiger partial charge in [0.05, 0.1) is 5.52 Å². The number of nitrogens with zero attached hydrogens (tertiary/aromatic N) is 4. The van der Waals surface area contributed by atoms with Gasteiger partial charge in [-0.1, -0.05) is 29.4 Å². The Bertz CT molecular complexity index is 908. The van der Waals surface area contributed by atoms with E-state index in [9.17, 15) is 4.79 Å². The van der Waals surface area contributed by atoms with E-state index in [4.69, 9.17) is 9.26 Å². The third kappa shape index (κ3) is 3.10. The van der Waals surface area contributed by atoms with Crippen LogP contribution in [0.1, 0.15) is 34.5 Å². The first-order valence-electron chi connectivity index (χ1n) is 8.21. The molecule has 3 heterocycles. The number of rotatable bonds is 4. The van der Waals surface area contributed by atoms with Crippen molar-refractivity contribution in [2.45, 2.75) is 18.9 Å². The maximum absolute atomic E-state index is 12.8. The van der Waals surface area contributed by atoms with Crippen molar-refractivity contribution in [3.63, 3.8) is 0 Å². The van der Waals surface area contributed by atoms with Gasteiger partial charge in [-0.05, 0) is 18.6 Å². The maximum Gasteiger partial charge on any atom is 0.272 e. The quantitative estimate of drug-likeness (QED) is 0.726. The molecule has 1 aromatic carbocycles. The highest BCUT2D eigenvalue weighted by atomic mass is 16.5. The van der Waals surface area contributed by atoms with Crippen molar-refractivity contribution in [1.29, 1.82) is 0 Å². The minimum absolute atomic E-state index is 0.0612. The van der Waals surface area contributed by atoms with E-state index in [1.165, 1.54) is 0 Å². The van der Waals surface area contributed by atoms with E-state index in [0.717, 1.165) is 17.3 Å². The van der Waals surface area contributed by atoms with Crippen LogP contribution in [0.2, 0.25) is 0 Å². The van der Waals surface area contributed by atoms with Gasteiger partial charge in [-0.3, -0.25) is 4.79 Å². The van der Waals surface area contributed by atoms with Crippen molar-refractivity contribution >= 4 is 16.8 Å². The Morgan fingerprint density at radius 1 is 1.28 bits per heavy atom. The van der Waals surface area contributed by atoms with Gasteiger partial charge in [-0.15, -0.1) is 0 Å². The van der Waals surface area contributed by atoms with Gasteiger partial charge >= 0.3 is 0 Å². The average Bonchev–Trinajstić information content (AvgIpc) is 3.30. The first-order chi connectivity index (χ1) is 12.2. The van der Waals surface area contributed by atoms with E-state index in [1.54, 1.807) is 18.1 Å². The number of fused-ring (bicyclic) bond motifs is 1. The third-order valence-electron chi connectivity index (χ3n) is 4.41. The van der Waals surface area contributed by atoms with Gasteiger partial charge in [0.25, 0.3) is 11.8 Å². The molecule has 1 amide bonds. The summed E-state index contributed by atoms with van der Waals surface area (Å²) < 4.78 is 10.1. The predicted octanol–water partition coefficient (Wildman–Crippen LogP) is 2.39. The highest BCUT2D eigenvalue weighted by molar-refractivity contribution is 5.95. The summed E-state index contributed by atoms with van der Waals surface area (Å²) in [6.45, 7) is 1.52. The molecule has 0 saturated carbocycles. The molecule has 0 radical (unpaired) electrons. The molecule has 1 fully saturated rings. The Hall–Kier alpha value is -2.80. The van der Waals surface area contributed by atoms with E-state index < -0.39 is 0 Å². The van der Waals surface area contributed by atoms with Gasteiger partial charge in [0, 0.05) is 31.5 Å². The van der Waals surface area contributed by atoms with E-state index in [0.29, 0.717) is 37.1 Å². The molecule has 1 unspecified atom stereocenters. The van der Waals surface area contributed by atoms with Gasteiger partial charge in [-0.25, -0.2) is 4.98 Å². The smallest absolute Gasteiger partial charge is 0.272 e. The highest BCUT2D eigenvalue weighted by Gasteiger charge is 2.31. The number of carbonyl (C=O) groups is 1. The number of aromatic nitrogens is 3. The number of benzene rings is 1. The number of methoxy groups -OCH3 is 1. The van der Waals surface area contributed by atoms with Crippen LogP contribution in [-0.2, 0) is 11.3 Å². The summed E-state index contributed by atoms with van der Waals surface area (Å²) in [5.41, 5.74) is 1.29. The summed E-state index contributed by atoms with van der Waals surface area (Å²) >= 11 is 0. The van der Waals surface area contributed by atoms with Crippen LogP contribution in [0.3, 0.4) is 0 Å². The zero-order valence-electron chi connectivity index (χ0n) is 13.9. The Balaban J connectivity index is 1.49. The normalized spacial score (nSPS) is 17.3. The lowest BCUT2D eigenvalue weighted by atomic mass is 10.1. The van der Waals surface area contributed by atoms with Gasteiger partial charge in [0.15, 0.2) is 5.82 Å². The molecule has 4 rings (SSSR count). The Morgan fingerprint density at radius 2 is 2.16 bits per heavy atom. The summed E-state index contributed by atoms with van der Waals surface area (Å²) in [5.74, 6) is 1.11. The molecule has 128 valence electrons. The Kier molecular flexibility index (Phi) is 4.15. The number of hydrogen-bond donors (Lipinski definition) is 0. The molecule has 0 N–H and O–H groups in total. The molecule has 2 aromatic heterocycles. The van der Waals surface area contributed by atoms with Crippen molar-refractivity contribution in [1.82, 2.24) is 20.0 Å². The number of amides is 1. The number of para-hydroxylation sites is 1. The first-order valence-corrected chi connectivity index (χ1v) is 8.21. The maximum atomic E-state index is 12.8. The fraction of sp³-hybridized carbons (Fsp3) is 0.333. The molecular weight excluding hydrogens is 320 g/mol. The van der Waals surface area contributed by atoms with Crippen LogP contribution in [0.25, 0.3) is 10.9 Å². The minimum Gasteiger partial charge on any atom is -0.375 e. The third-order valence-corrected chi connectivity index (χ3v) is 4.41. The lowest BCUT2D eigenvalue weighted by Gasteiger charge is -2.15. The van der Waals surface area contributed by atoms with Crippen LogP contribution in [-0.4, -0.2) is 46.1 Å². The van der Waals surface area contributed by atoms with Crippen molar-refractivity contribution in [3.8, 4) is 0 Å². The van der Waals surface area contributed by atoms with Crippen LogP contribution in [0, 0.1) is 0 Å². The van der Waals surface area contributed by atoms with E-state index >= 15 is 0 Å². The van der Waals surface area contributed by atoms with Gasteiger partial charge in [-0.2, -0.15) is 4.98 Å². The molecule has 0 bridgehead atoms. The molecule has 25 heavy (non-hydrogen) atoms. The molecule has 7 nitrogen and oxygen atoms in total.